The Morgan fingerprint density at radius 3 is 2.61 bits per heavy atom. The zero-order chi connectivity index (χ0) is 13.9. The molecule has 18 heavy (non-hydrogen) atoms. The van der Waals surface area contributed by atoms with Crippen LogP contribution in [-0.4, -0.2) is 21.2 Å². The van der Waals surface area contributed by atoms with Gasteiger partial charge >= 0.3 is 0 Å². The van der Waals surface area contributed by atoms with E-state index in [-0.39, 0.29) is 12.3 Å². The van der Waals surface area contributed by atoms with Crippen LogP contribution in [-0.2, 0) is 11.3 Å². The second-order valence-electron chi connectivity index (χ2n) is 5.22. The smallest absolute Gasteiger partial charge is 0.219 e. The molecule has 0 aliphatic carbocycles. The summed E-state index contributed by atoms with van der Waals surface area (Å²) in [5.41, 5.74) is 12.2. The summed E-state index contributed by atoms with van der Waals surface area (Å²) < 4.78 is 1.84. The van der Waals surface area contributed by atoms with Crippen LogP contribution in [0.25, 0.3) is 0 Å². The van der Waals surface area contributed by atoms with Crippen LogP contribution in [0.4, 0.5) is 11.5 Å². The van der Waals surface area contributed by atoms with E-state index in [4.69, 9.17) is 11.5 Å². The van der Waals surface area contributed by atoms with Gasteiger partial charge in [-0.1, -0.05) is 6.92 Å². The molecule has 0 unspecified atom stereocenters. The van der Waals surface area contributed by atoms with Gasteiger partial charge in [0.05, 0.1) is 11.4 Å². The van der Waals surface area contributed by atoms with Crippen LogP contribution >= 0.6 is 0 Å². The maximum absolute atomic E-state index is 11.0. The van der Waals surface area contributed by atoms with E-state index < -0.39 is 5.54 Å². The first-order chi connectivity index (χ1) is 8.26. The number of aromatic nitrogens is 2. The first-order valence-corrected chi connectivity index (χ1v) is 6.16. The molecule has 0 fully saturated rings. The Labute approximate surface area is 108 Å². The molecule has 0 aliphatic heterocycles. The van der Waals surface area contributed by atoms with E-state index in [0.29, 0.717) is 5.69 Å². The van der Waals surface area contributed by atoms with E-state index in [2.05, 4.69) is 17.3 Å². The van der Waals surface area contributed by atoms with Crippen LogP contribution in [0.2, 0.25) is 0 Å². The Hall–Kier alpha value is -1.72. The first kappa shape index (κ1) is 14.3. The molecule has 0 aliphatic rings. The summed E-state index contributed by atoms with van der Waals surface area (Å²) in [5, 5.41) is 7.64. The molecule has 6 heteroatoms. The highest BCUT2D eigenvalue weighted by atomic mass is 16.1. The molecule has 0 aromatic carbocycles. The van der Waals surface area contributed by atoms with Crippen molar-refractivity contribution >= 4 is 17.4 Å². The normalized spacial score (nSPS) is 11.6. The van der Waals surface area contributed by atoms with Crippen LogP contribution in [0.3, 0.4) is 0 Å². The lowest BCUT2D eigenvalue weighted by Gasteiger charge is -2.26. The SMILES string of the molecule is CCCn1nc(C)c(N)c1NC(C)(C)CC(N)=O. The lowest BCUT2D eigenvalue weighted by Crippen LogP contribution is -2.37. The summed E-state index contributed by atoms with van der Waals surface area (Å²) in [7, 11) is 0. The Bertz CT molecular complexity index is 436. The van der Waals surface area contributed by atoms with Gasteiger partial charge in [0.1, 0.15) is 5.82 Å². The third-order valence-electron chi connectivity index (χ3n) is 2.68. The van der Waals surface area contributed by atoms with Crippen LogP contribution < -0.4 is 16.8 Å². The van der Waals surface area contributed by atoms with Gasteiger partial charge in [-0.3, -0.25) is 4.79 Å². The monoisotopic (exact) mass is 253 g/mol. The Morgan fingerprint density at radius 2 is 2.11 bits per heavy atom. The number of anilines is 2. The van der Waals surface area contributed by atoms with Gasteiger partial charge in [0.15, 0.2) is 0 Å². The van der Waals surface area contributed by atoms with Gasteiger partial charge in [-0.15, -0.1) is 0 Å². The molecule has 1 amide bonds. The van der Waals surface area contributed by atoms with Crippen molar-refractivity contribution in [3.63, 3.8) is 0 Å². The van der Waals surface area contributed by atoms with E-state index in [9.17, 15) is 4.79 Å². The number of carbonyl (C=O) groups excluding carboxylic acids is 1. The minimum absolute atomic E-state index is 0.239. The quantitative estimate of drug-likeness (QED) is 0.710. The maximum Gasteiger partial charge on any atom is 0.219 e. The molecule has 0 saturated carbocycles. The van der Waals surface area contributed by atoms with Crippen molar-refractivity contribution in [2.45, 2.75) is 52.6 Å². The van der Waals surface area contributed by atoms with Gasteiger partial charge in [0.25, 0.3) is 0 Å². The highest BCUT2D eigenvalue weighted by molar-refractivity contribution is 5.76. The fourth-order valence-electron chi connectivity index (χ4n) is 1.90. The number of primary amides is 1. The number of hydrogen-bond donors (Lipinski definition) is 3. The maximum atomic E-state index is 11.0. The van der Waals surface area contributed by atoms with Gasteiger partial charge in [-0.2, -0.15) is 5.10 Å². The van der Waals surface area contributed by atoms with Crippen molar-refractivity contribution in [2.75, 3.05) is 11.1 Å². The Kier molecular flexibility index (Phi) is 4.21. The van der Waals surface area contributed by atoms with Gasteiger partial charge in [-0.05, 0) is 27.2 Å². The van der Waals surface area contributed by atoms with Crippen LogP contribution in [0.5, 0.6) is 0 Å². The van der Waals surface area contributed by atoms with E-state index in [1.54, 1.807) is 0 Å². The summed E-state index contributed by atoms with van der Waals surface area (Å²) >= 11 is 0. The molecule has 0 spiro atoms. The number of nitrogens with zero attached hydrogens (tertiary/aromatic N) is 2. The summed E-state index contributed by atoms with van der Waals surface area (Å²) in [6, 6.07) is 0. The second-order valence-corrected chi connectivity index (χ2v) is 5.22. The van der Waals surface area contributed by atoms with Gasteiger partial charge in [-0.25, -0.2) is 4.68 Å². The van der Waals surface area contributed by atoms with Crippen LogP contribution in [0.1, 0.15) is 39.3 Å². The zero-order valence-corrected chi connectivity index (χ0v) is 11.6. The molecular weight excluding hydrogens is 230 g/mol. The second kappa shape index (κ2) is 5.29. The third kappa shape index (κ3) is 3.38. The van der Waals surface area contributed by atoms with Crippen molar-refractivity contribution in [3.8, 4) is 0 Å². The molecule has 6 nitrogen and oxygen atoms in total. The number of carbonyl (C=O) groups is 1. The van der Waals surface area contributed by atoms with Gasteiger partial charge in [0, 0.05) is 18.5 Å². The summed E-state index contributed by atoms with van der Waals surface area (Å²) in [4.78, 5) is 11.0. The molecule has 1 rings (SSSR count). The molecule has 0 bridgehead atoms. The molecule has 0 radical (unpaired) electrons. The number of amides is 1. The number of aryl methyl sites for hydroxylation is 2. The largest absolute Gasteiger partial charge is 0.394 e. The van der Waals surface area contributed by atoms with Gasteiger partial charge < -0.3 is 16.8 Å². The van der Waals surface area contributed by atoms with Crippen molar-refractivity contribution in [2.24, 2.45) is 5.73 Å². The van der Waals surface area contributed by atoms with E-state index in [0.717, 1.165) is 24.5 Å². The highest BCUT2D eigenvalue weighted by Gasteiger charge is 2.24. The molecule has 1 heterocycles. The van der Waals surface area contributed by atoms with E-state index >= 15 is 0 Å². The average Bonchev–Trinajstić information content (AvgIpc) is 2.44. The lowest BCUT2D eigenvalue weighted by atomic mass is 10.0. The molecule has 5 N–H and O–H groups in total. The van der Waals surface area contributed by atoms with Crippen LogP contribution in [0.15, 0.2) is 0 Å². The Balaban J connectivity index is 2.98. The topological polar surface area (TPSA) is 99.0 Å². The fraction of sp³-hybridized carbons (Fsp3) is 0.667. The number of hydrogen-bond acceptors (Lipinski definition) is 4. The number of rotatable bonds is 6. The number of nitrogen functional groups attached to an aromatic ring is 1. The molecule has 102 valence electrons. The van der Waals surface area contributed by atoms with Crippen LogP contribution in [0, 0.1) is 6.92 Å². The summed E-state index contributed by atoms with van der Waals surface area (Å²) in [5.74, 6) is 0.421. The van der Waals surface area contributed by atoms with E-state index in [1.165, 1.54) is 0 Å². The van der Waals surface area contributed by atoms with Crippen molar-refractivity contribution < 1.29 is 4.79 Å². The third-order valence-corrected chi connectivity index (χ3v) is 2.68. The molecule has 0 saturated heterocycles. The minimum atomic E-state index is -0.447. The average molecular weight is 253 g/mol. The fourth-order valence-corrected chi connectivity index (χ4v) is 1.90. The van der Waals surface area contributed by atoms with Crippen molar-refractivity contribution in [1.82, 2.24) is 9.78 Å². The number of nitrogens with two attached hydrogens (primary N) is 2. The summed E-state index contributed by atoms with van der Waals surface area (Å²) in [6.45, 7) is 8.55. The van der Waals surface area contributed by atoms with E-state index in [1.807, 2.05) is 25.5 Å². The highest BCUT2D eigenvalue weighted by Crippen LogP contribution is 2.26. The lowest BCUT2D eigenvalue weighted by molar-refractivity contribution is -0.118. The first-order valence-electron chi connectivity index (χ1n) is 6.16. The minimum Gasteiger partial charge on any atom is -0.394 e. The molecule has 1 aromatic heterocycles. The zero-order valence-electron chi connectivity index (χ0n) is 11.6. The van der Waals surface area contributed by atoms with Crippen molar-refractivity contribution in [1.29, 1.82) is 0 Å². The predicted octanol–water partition coefficient (Wildman–Crippen LogP) is 1.25. The summed E-state index contributed by atoms with van der Waals surface area (Å²) in [6.07, 6.45) is 1.20. The standard InChI is InChI=1S/C12H23N5O/c1-5-6-17-11(10(14)8(2)16-17)15-12(3,4)7-9(13)18/h15H,5-7,14H2,1-4H3,(H2,13,18). The Morgan fingerprint density at radius 1 is 1.50 bits per heavy atom. The number of nitrogens with one attached hydrogen (secondary N) is 1. The predicted molar refractivity (Wildman–Crippen MR) is 73.2 cm³/mol. The van der Waals surface area contributed by atoms with Crippen molar-refractivity contribution in [3.05, 3.63) is 5.69 Å². The molecule has 1 aromatic rings. The molecular formula is C12H23N5O. The van der Waals surface area contributed by atoms with Gasteiger partial charge in [0.2, 0.25) is 5.91 Å². The molecule has 0 atom stereocenters.